The van der Waals surface area contributed by atoms with Gasteiger partial charge in [-0.15, -0.1) is 0 Å². The third kappa shape index (κ3) is 7.12. The molecule has 1 aromatic rings. The van der Waals surface area contributed by atoms with Gasteiger partial charge in [-0.1, -0.05) is 70.3 Å². The molecule has 3 rings (SSSR count). The van der Waals surface area contributed by atoms with E-state index in [0.29, 0.717) is 0 Å². The van der Waals surface area contributed by atoms with Crippen molar-refractivity contribution in [3.05, 3.63) is 23.8 Å². The van der Waals surface area contributed by atoms with Crippen LogP contribution in [-0.2, 0) is 6.42 Å². The first-order chi connectivity index (χ1) is 15.1. The molecule has 2 unspecified atom stereocenters. The lowest BCUT2D eigenvalue weighted by molar-refractivity contribution is 0.121. The first-order valence-electron chi connectivity index (χ1n) is 12.7. The number of aliphatic hydroxyl groups excluding tert-OH is 1. The highest BCUT2D eigenvalue weighted by Gasteiger charge is 2.31. The second kappa shape index (κ2) is 12.7. The van der Waals surface area contributed by atoms with Gasteiger partial charge in [0.1, 0.15) is 0 Å². The molecule has 4 nitrogen and oxygen atoms in total. The number of hydrogen-bond acceptors (Lipinski definition) is 4. The number of benzene rings is 1. The topological polar surface area (TPSA) is 50.7 Å². The van der Waals surface area contributed by atoms with E-state index in [1.807, 2.05) is 19.1 Å². The molecule has 1 aromatic carbocycles. The summed E-state index contributed by atoms with van der Waals surface area (Å²) in [6.45, 7) is 2.90. The summed E-state index contributed by atoms with van der Waals surface area (Å²) in [7, 11) is 3.33. The van der Waals surface area contributed by atoms with E-state index in [2.05, 4.69) is 11.4 Å². The van der Waals surface area contributed by atoms with Crippen molar-refractivity contribution in [2.24, 2.45) is 17.8 Å². The second-order valence-electron chi connectivity index (χ2n) is 9.94. The van der Waals surface area contributed by atoms with Crippen molar-refractivity contribution in [2.75, 3.05) is 20.8 Å². The van der Waals surface area contributed by atoms with E-state index in [0.717, 1.165) is 47.8 Å². The number of nitrogens with one attached hydrogen (secondary N) is 1. The summed E-state index contributed by atoms with van der Waals surface area (Å²) in [6, 6.07) is 6.11. The fourth-order valence-electron chi connectivity index (χ4n) is 6.09. The largest absolute Gasteiger partial charge is 0.493 e. The first-order valence-corrected chi connectivity index (χ1v) is 12.7. The molecule has 0 aromatic heterocycles. The SMILES string of the molecule is COc1ccc(CC(NCCC(C2CCCCC2)C2CCCCC2)C(C)O)cc1OC. The minimum Gasteiger partial charge on any atom is -0.493 e. The predicted octanol–water partition coefficient (Wildman–Crippen LogP) is 5.75. The normalized spacial score (nSPS) is 20.5. The molecule has 2 N–H and O–H groups in total. The van der Waals surface area contributed by atoms with Crippen molar-refractivity contribution in [1.29, 1.82) is 0 Å². The molecule has 0 heterocycles. The Labute approximate surface area is 190 Å². The van der Waals surface area contributed by atoms with E-state index in [9.17, 15) is 5.11 Å². The van der Waals surface area contributed by atoms with Crippen LogP contribution in [0.15, 0.2) is 18.2 Å². The molecule has 4 heteroatoms. The molecule has 0 spiro atoms. The van der Waals surface area contributed by atoms with E-state index in [-0.39, 0.29) is 6.04 Å². The van der Waals surface area contributed by atoms with E-state index in [1.54, 1.807) is 14.2 Å². The average molecular weight is 432 g/mol. The molecule has 2 aliphatic rings. The van der Waals surface area contributed by atoms with Crippen LogP contribution >= 0.6 is 0 Å². The standard InChI is InChI=1S/C27H45NO3/c1-20(29)25(18-21-14-15-26(30-2)27(19-21)31-3)28-17-16-24(22-10-6-4-7-11-22)23-12-8-5-9-13-23/h14-15,19-20,22-25,28-29H,4-13,16-18H2,1-3H3. The number of ether oxygens (including phenoxy) is 2. The van der Waals surface area contributed by atoms with Crippen molar-refractivity contribution >= 4 is 0 Å². The first kappa shape index (κ1) is 24.4. The fraction of sp³-hybridized carbons (Fsp3) is 0.778. The van der Waals surface area contributed by atoms with Gasteiger partial charge in [-0.25, -0.2) is 0 Å². The zero-order valence-electron chi connectivity index (χ0n) is 20.1. The summed E-state index contributed by atoms with van der Waals surface area (Å²) >= 11 is 0. The van der Waals surface area contributed by atoms with Gasteiger partial charge in [0.25, 0.3) is 0 Å². The number of hydrogen-bond donors (Lipinski definition) is 2. The highest BCUT2D eigenvalue weighted by molar-refractivity contribution is 5.43. The molecular formula is C27H45NO3. The molecule has 176 valence electrons. The van der Waals surface area contributed by atoms with Gasteiger partial charge in [0.2, 0.25) is 0 Å². The van der Waals surface area contributed by atoms with Crippen LogP contribution in [-0.4, -0.2) is 38.0 Å². The minimum atomic E-state index is -0.393. The summed E-state index contributed by atoms with van der Waals surface area (Å²) < 4.78 is 10.8. The molecule has 2 aliphatic carbocycles. The van der Waals surface area contributed by atoms with Crippen molar-refractivity contribution in [1.82, 2.24) is 5.32 Å². The molecule has 0 bridgehead atoms. The van der Waals surface area contributed by atoms with Crippen molar-refractivity contribution in [2.45, 2.75) is 96.1 Å². The minimum absolute atomic E-state index is 0.0523. The van der Waals surface area contributed by atoms with Gasteiger partial charge in [0.05, 0.1) is 20.3 Å². The summed E-state index contributed by atoms with van der Waals surface area (Å²) in [5.41, 5.74) is 1.16. The molecule has 0 aliphatic heterocycles. The smallest absolute Gasteiger partial charge is 0.160 e. The molecule has 0 saturated heterocycles. The van der Waals surface area contributed by atoms with Crippen molar-refractivity contribution in [3.8, 4) is 11.5 Å². The number of rotatable bonds is 11. The lowest BCUT2D eigenvalue weighted by atomic mass is 9.68. The third-order valence-electron chi connectivity index (χ3n) is 7.88. The highest BCUT2D eigenvalue weighted by atomic mass is 16.5. The molecule has 2 saturated carbocycles. The molecule has 2 atom stereocenters. The van der Waals surface area contributed by atoms with Crippen LogP contribution in [0.25, 0.3) is 0 Å². The van der Waals surface area contributed by atoms with Crippen LogP contribution in [0.5, 0.6) is 11.5 Å². The van der Waals surface area contributed by atoms with Gasteiger partial charge < -0.3 is 19.9 Å². The van der Waals surface area contributed by atoms with Gasteiger partial charge >= 0.3 is 0 Å². The van der Waals surface area contributed by atoms with Crippen LogP contribution < -0.4 is 14.8 Å². The second-order valence-corrected chi connectivity index (χ2v) is 9.94. The van der Waals surface area contributed by atoms with E-state index < -0.39 is 6.10 Å². The van der Waals surface area contributed by atoms with Crippen molar-refractivity contribution < 1.29 is 14.6 Å². The monoisotopic (exact) mass is 431 g/mol. The molecule has 2 fully saturated rings. The quantitative estimate of drug-likeness (QED) is 0.468. The van der Waals surface area contributed by atoms with Crippen LogP contribution in [0.3, 0.4) is 0 Å². The lowest BCUT2D eigenvalue weighted by Crippen LogP contribution is -2.42. The molecular weight excluding hydrogens is 386 g/mol. The summed E-state index contributed by atoms with van der Waals surface area (Å²) in [4.78, 5) is 0. The maximum atomic E-state index is 10.4. The Bertz CT molecular complexity index is 617. The van der Waals surface area contributed by atoms with Gasteiger partial charge in [-0.2, -0.15) is 0 Å². The Balaban J connectivity index is 1.58. The van der Waals surface area contributed by atoms with Gasteiger partial charge in [-0.05, 0) is 61.8 Å². The van der Waals surface area contributed by atoms with Gasteiger partial charge in [0, 0.05) is 6.04 Å². The average Bonchev–Trinajstić information content (AvgIpc) is 2.81. The summed E-state index contributed by atoms with van der Waals surface area (Å²) in [5.74, 6) is 4.21. The van der Waals surface area contributed by atoms with Crippen LogP contribution in [0.2, 0.25) is 0 Å². The molecule has 0 radical (unpaired) electrons. The molecule has 31 heavy (non-hydrogen) atoms. The Morgan fingerprint density at radius 3 is 2.00 bits per heavy atom. The van der Waals surface area contributed by atoms with Gasteiger partial charge in [0.15, 0.2) is 11.5 Å². The Morgan fingerprint density at radius 1 is 0.903 bits per heavy atom. The van der Waals surface area contributed by atoms with Crippen LogP contribution in [0.4, 0.5) is 0 Å². The van der Waals surface area contributed by atoms with Gasteiger partial charge in [-0.3, -0.25) is 0 Å². The lowest BCUT2D eigenvalue weighted by Gasteiger charge is -2.38. The van der Waals surface area contributed by atoms with E-state index in [4.69, 9.17) is 9.47 Å². The molecule has 0 amide bonds. The zero-order valence-corrected chi connectivity index (χ0v) is 20.1. The summed E-state index contributed by atoms with van der Waals surface area (Å²) in [6.07, 6.45) is 16.0. The van der Waals surface area contributed by atoms with Crippen LogP contribution in [0, 0.1) is 17.8 Å². The van der Waals surface area contributed by atoms with Crippen LogP contribution in [0.1, 0.15) is 83.1 Å². The Morgan fingerprint density at radius 2 is 1.48 bits per heavy atom. The Kier molecular flexibility index (Phi) is 9.98. The van der Waals surface area contributed by atoms with Crippen molar-refractivity contribution in [3.63, 3.8) is 0 Å². The maximum Gasteiger partial charge on any atom is 0.160 e. The van der Waals surface area contributed by atoms with E-state index in [1.165, 1.54) is 70.6 Å². The summed E-state index contributed by atoms with van der Waals surface area (Å²) in [5, 5.41) is 14.2. The number of methoxy groups -OCH3 is 2. The maximum absolute atomic E-state index is 10.4. The Hall–Kier alpha value is -1.26. The van der Waals surface area contributed by atoms with E-state index >= 15 is 0 Å². The third-order valence-corrected chi connectivity index (χ3v) is 7.88. The predicted molar refractivity (Wildman–Crippen MR) is 128 cm³/mol. The highest BCUT2D eigenvalue weighted by Crippen LogP contribution is 2.41. The number of aliphatic hydroxyl groups is 1. The zero-order chi connectivity index (χ0) is 22.1. The fourth-order valence-corrected chi connectivity index (χ4v) is 6.09.